The molecule has 6 heteroatoms. The lowest BCUT2D eigenvalue weighted by Crippen LogP contribution is -2.26. The first-order valence-electron chi connectivity index (χ1n) is 10.4. The molecule has 0 saturated heterocycles. The van der Waals surface area contributed by atoms with Crippen molar-refractivity contribution in [1.29, 1.82) is 0 Å². The molecule has 1 N–H and O–H groups in total. The molecule has 0 spiro atoms. The van der Waals surface area contributed by atoms with E-state index >= 15 is 0 Å². The van der Waals surface area contributed by atoms with Gasteiger partial charge in [-0.15, -0.1) is 0 Å². The van der Waals surface area contributed by atoms with Crippen LogP contribution in [0.3, 0.4) is 0 Å². The Kier molecular flexibility index (Phi) is 6.31. The number of amides is 1. The van der Waals surface area contributed by atoms with E-state index in [9.17, 15) is 4.79 Å². The number of pyridine rings is 2. The van der Waals surface area contributed by atoms with Crippen LogP contribution in [-0.4, -0.2) is 36.6 Å². The second-order valence-corrected chi connectivity index (χ2v) is 7.51. The number of nitrogens with one attached hydrogen (secondary N) is 1. The van der Waals surface area contributed by atoms with Gasteiger partial charge in [0.15, 0.2) is 11.5 Å². The fourth-order valence-corrected chi connectivity index (χ4v) is 3.65. The molecule has 162 valence electrons. The van der Waals surface area contributed by atoms with Crippen LogP contribution in [0.15, 0.2) is 67.0 Å². The highest BCUT2D eigenvalue weighted by Gasteiger charge is 2.14. The van der Waals surface area contributed by atoms with Crippen molar-refractivity contribution in [3.05, 3.63) is 83.7 Å². The number of methoxy groups -OCH3 is 2. The van der Waals surface area contributed by atoms with Crippen LogP contribution in [0.2, 0.25) is 0 Å². The maximum absolute atomic E-state index is 13.2. The summed E-state index contributed by atoms with van der Waals surface area (Å²) in [4.78, 5) is 22.0. The third kappa shape index (κ3) is 4.54. The fraction of sp³-hybridized carbons (Fsp3) is 0.192. The SMILES string of the molecule is COc1ccc(CCNC(=O)c2cc(-c3ccncc3)nc3ccc(C)cc23)cc1OC. The van der Waals surface area contributed by atoms with Crippen molar-refractivity contribution < 1.29 is 14.3 Å². The first kappa shape index (κ1) is 21.3. The quantitative estimate of drug-likeness (QED) is 0.467. The number of aromatic nitrogens is 2. The van der Waals surface area contributed by atoms with E-state index in [1.807, 2.05) is 61.5 Å². The number of carbonyl (C=O) groups is 1. The van der Waals surface area contributed by atoms with Crippen molar-refractivity contribution in [2.24, 2.45) is 0 Å². The van der Waals surface area contributed by atoms with Gasteiger partial charge in [-0.05, 0) is 61.4 Å². The summed E-state index contributed by atoms with van der Waals surface area (Å²) >= 11 is 0. The summed E-state index contributed by atoms with van der Waals surface area (Å²) in [5, 5.41) is 3.89. The summed E-state index contributed by atoms with van der Waals surface area (Å²) in [5.74, 6) is 1.23. The van der Waals surface area contributed by atoms with Gasteiger partial charge in [-0.2, -0.15) is 0 Å². The van der Waals surface area contributed by atoms with Crippen LogP contribution in [-0.2, 0) is 6.42 Å². The number of nitrogens with zero attached hydrogens (tertiary/aromatic N) is 2. The Morgan fingerprint density at radius 3 is 2.47 bits per heavy atom. The van der Waals surface area contributed by atoms with Crippen LogP contribution in [0.1, 0.15) is 21.5 Å². The summed E-state index contributed by atoms with van der Waals surface area (Å²) in [6, 6.07) is 17.4. The van der Waals surface area contributed by atoms with Crippen LogP contribution in [0, 0.1) is 6.92 Å². The van der Waals surface area contributed by atoms with Crippen molar-refractivity contribution in [3.8, 4) is 22.8 Å². The first-order valence-corrected chi connectivity index (χ1v) is 10.4. The van der Waals surface area contributed by atoms with Gasteiger partial charge < -0.3 is 14.8 Å². The predicted octanol–water partition coefficient (Wildman–Crippen LogP) is 4.59. The molecule has 2 aromatic heterocycles. The third-order valence-corrected chi connectivity index (χ3v) is 5.33. The molecule has 0 fully saturated rings. The van der Waals surface area contributed by atoms with E-state index in [2.05, 4.69) is 10.3 Å². The zero-order valence-corrected chi connectivity index (χ0v) is 18.4. The van der Waals surface area contributed by atoms with Crippen molar-refractivity contribution in [2.45, 2.75) is 13.3 Å². The van der Waals surface area contributed by atoms with Gasteiger partial charge in [-0.25, -0.2) is 4.98 Å². The lowest BCUT2D eigenvalue weighted by molar-refractivity contribution is 0.0955. The average molecular weight is 428 g/mol. The molecule has 0 bridgehead atoms. The second-order valence-electron chi connectivity index (χ2n) is 7.51. The molecular weight excluding hydrogens is 402 g/mol. The Balaban J connectivity index is 1.58. The molecule has 4 aromatic rings. The van der Waals surface area contributed by atoms with Crippen LogP contribution < -0.4 is 14.8 Å². The standard InChI is InChI=1S/C26H25N3O3/c1-17-4-6-22-20(14-17)21(16-23(29-22)19-9-11-27-12-10-19)26(30)28-13-8-18-5-7-24(31-2)25(15-18)32-3/h4-7,9-12,14-16H,8,13H2,1-3H3,(H,28,30). The van der Waals surface area contributed by atoms with E-state index in [1.165, 1.54) is 0 Å². The number of carbonyl (C=O) groups excluding carboxylic acids is 1. The number of hydrogen-bond donors (Lipinski definition) is 1. The smallest absolute Gasteiger partial charge is 0.252 e. The van der Waals surface area contributed by atoms with Crippen LogP contribution in [0.5, 0.6) is 11.5 Å². The second kappa shape index (κ2) is 9.47. The zero-order chi connectivity index (χ0) is 22.5. The van der Waals surface area contributed by atoms with Crippen molar-refractivity contribution >= 4 is 16.8 Å². The number of ether oxygens (including phenoxy) is 2. The van der Waals surface area contributed by atoms with Gasteiger partial charge >= 0.3 is 0 Å². The molecular formula is C26H25N3O3. The van der Waals surface area contributed by atoms with Crippen molar-refractivity contribution in [1.82, 2.24) is 15.3 Å². The summed E-state index contributed by atoms with van der Waals surface area (Å²) in [7, 11) is 3.22. The van der Waals surface area contributed by atoms with Gasteiger partial charge in [0.1, 0.15) is 0 Å². The Labute approximate surface area is 187 Å². The van der Waals surface area contributed by atoms with E-state index in [1.54, 1.807) is 26.6 Å². The van der Waals surface area contributed by atoms with Gasteiger partial charge in [-0.3, -0.25) is 9.78 Å². The van der Waals surface area contributed by atoms with Gasteiger partial charge in [0.05, 0.1) is 31.0 Å². The molecule has 0 aliphatic carbocycles. The van der Waals surface area contributed by atoms with E-state index in [-0.39, 0.29) is 5.91 Å². The molecule has 2 aromatic carbocycles. The highest BCUT2D eigenvalue weighted by atomic mass is 16.5. The molecule has 1 amide bonds. The summed E-state index contributed by atoms with van der Waals surface area (Å²) in [6.45, 7) is 2.50. The molecule has 2 heterocycles. The molecule has 0 unspecified atom stereocenters. The predicted molar refractivity (Wildman–Crippen MR) is 125 cm³/mol. The largest absolute Gasteiger partial charge is 0.493 e. The molecule has 0 saturated carbocycles. The molecule has 0 aliphatic heterocycles. The third-order valence-electron chi connectivity index (χ3n) is 5.33. The average Bonchev–Trinajstić information content (AvgIpc) is 2.83. The van der Waals surface area contributed by atoms with E-state index in [0.717, 1.165) is 33.3 Å². The maximum atomic E-state index is 13.2. The topological polar surface area (TPSA) is 73.3 Å². The maximum Gasteiger partial charge on any atom is 0.252 e. The zero-order valence-electron chi connectivity index (χ0n) is 18.4. The molecule has 32 heavy (non-hydrogen) atoms. The molecule has 0 radical (unpaired) electrons. The van der Waals surface area contributed by atoms with E-state index in [0.29, 0.717) is 30.0 Å². The van der Waals surface area contributed by atoms with Crippen LogP contribution in [0.4, 0.5) is 0 Å². The fourth-order valence-electron chi connectivity index (χ4n) is 3.65. The number of hydrogen-bond acceptors (Lipinski definition) is 5. The molecule has 4 rings (SSSR count). The lowest BCUT2D eigenvalue weighted by atomic mass is 10.0. The number of fused-ring (bicyclic) bond motifs is 1. The first-order chi connectivity index (χ1) is 15.6. The number of benzene rings is 2. The highest BCUT2D eigenvalue weighted by molar-refractivity contribution is 6.07. The molecule has 6 nitrogen and oxygen atoms in total. The number of rotatable bonds is 7. The normalized spacial score (nSPS) is 10.7. The molecule has 0 atom stereocenters. The molecule has 0 aliphatic rings. The Morgan fingerprint density at radius 1 is 0.938 bits per heavy atom. The Hall–Kier alpha value is -3.93. The summed E-state index contributed by atoms with van der Waals surface area (Å²) < 4.78 is 10.6. The minimum Gasteiger partial charge on any atom is -0.493 e. The minimum atomic E-state index is -0.126. The Morgan fingerprint density at radius 2 is 1.72 bits per heavy atom. The van der Waals surface area contributed by atoms with Crippen LogP contribution in [0.25, 0.3) is 22.2 Å². The summed E-state index contributed by atoms with van der Waals surface area (Å²) in [5.41, 5.74) is 5.19. The highest BCUT2D eigenvalue weighted by Crippen LogP contribution is 2.28. The van der Waals surface area contributed by atoms with E-state index < -0.39 is 0 Å². The van der Waals surface area contributed by atoms with Crippen molar-refractivity contribution in [3.63, 3.8) is 0 Å². The monoisotopic (exact) mass is 427 g/mol. The van der Waals surface area contributed by atoms with Gasteiger partial charge in [0, 0.05) is 29.9 Å². The van der Waals surface area contributed by atoms with Gasteiger partial charge in [0.25, 0.3) is 5.91 Å². The van der Waals surface area contributed by atoms with Crippen LogP contribution >= 0.6 is 0 Å². The van der Waals surface area contributed by atoms with Crippen molar-refractivity contribution in [2.75, 3.05) is 20.8 Å². The van der Waals surface area contributed by atoms with E-state index in [4.69, 9.17) is 14.5 Å². The summed E-state index contributed by atoms with van der Waals surface area (Å²) in [6.07, 6.45) is 4.11. The van der Waals surface area contributed by atoms with Gasteiger partial charge in [0.2, 0.25) is 0 Å². The Bertz CT molecular complexity index is 1260. The lowest BCUT2D eigenvalue weighted by Gasteiger charge is -2.12. The number of aryl methyl sites for hydroxylation is 1. The minimum absolute atomic E-state index is 0.126. The van der Waals surface area contributed by atoms with Gasteiger partial charge in [-0.1, -0.05) is 17.7 Å².